The zero-order valence-corrected chi connectivity index (χ0v) is 9.35. The summed E-state index contributed by atoms with van der Waals surface area (Å²) in [7, 11) is 1.81. The van der Waals surface area contributed by atoms with Crippen LogP contribution in [0.4, 0.5) is 0 Å². The predicted octanol–water partition coefficient (Wildman–Crippen LogP) is 2.34. The van der Waals surface area contributed by atoms with E-state index in [1.807, 2.05) is 7.11 Å². The first-order valence-electron chi connectivity index (χ1n) is 6.07. The van der Waals surface area contributed by atoms with Crippen molar-refractivity contribution in [2.24, 2.45) is 5.41 Å². The number of methoxy groups -OCH3 is 1. The molecule has 82 valence electrons. The summed E-state index contributed by atoms with van der Waals surface area (Å²) in [6.07, 6.45) is 9.74. The molecule has 2 saturated carbocycles. The Morgan fingerprint density at radius 3 is 2.50 bits per heavy atom. The van der Waals surface area contributed by atoms with Crippen LogP contribution in [0.2, 0.25) is 0 Å². The fourth-order valence-electron chi connectivity index (χ4n) is 2.48. The molecule has 2 aliphatic carbocycles. The Morgan fingerprint density at radius 1 is 1.29 bits per heavy atom. The maximum atomic E-state index is 5.19. The van der Waals surface area contributed by atoms with Crippen molar-refractivity contribution in [1.82, 2.24) is 5.32 Å². The lowest BCUT2D eigenvalue weighted by Gasteiger charge is -2.44. The highest BCUT2D eigenvalue weighted by Crippen LogP contribution is 2.43. The van der Waals surface area contributed by atoms with Gasteiger partial charge in [-0.15, -0.1) is 0 Å². The molecule has 0 spiro atoms. The van der Waals surface area contributed by atoms with Crippen LogP contribution < -0.4 is 5.32 Å². The van der Waals surface area contributed by atoms with Gasteiger partial charge in [0.15, 0.2) is 0 Å². The van der Waals surface area contributed by atoms with Gasteiger partial charge in [-0.1, -0.05) is 12.8 Å². The number of nitrogens with one attached hydrogen (secondary N) is 1. The van der Waals surface area contributed by atoms with Crippen molar-refractivity contribution in [1.29, 1.82) is 0 Å². The van der Waals surface area contributed by atoms with Gasteiger partial charge in [0, 0.05) is 26.3 Å². The quantitative estimate of drug-likeness (QED) is 0.705. The molecule has 1 N–H and O–H groups in total. The van der Waals surface area contributed by atoms with E-state index in [2.05, 4.69) is 5.32 Å². The lowest BCUT2D eigenvalue weighted by Crippen LogP contribution is -2.46. The first-order chi connectivity index (χ1) is 6.85. The molecular weight excluding hydrogens is 174 g/mol. The van der Waals surface area contributed by atoms with E-state index in [1.165, 1.54) is 51.5 Å². The van der Waals surface area contributed by atoms with Crippen molar-refractivity contribution >= 4 is 0 Å². The lowest BCUT2D eigenvalue weighted by molar-refractivity contribution is 0.0631. The van der Waals surface area contributed by atoms with Gasteiger partial charge in [-0.25, -0.2) is 0 Å². The minimum atomic E-state index is 0.603. The highest BCUT2D eigenvalue weighted by Gasteiger charge is 2.36. The summed E-state index contributed by atoms with van der Waals surface area (Å²) in [5, 5.41) is 3.72. The molecule has 0 unspecified atom stereocenters. The molecule has 0 aromatic heterocycles. The minimum Gasteiger partial charge on any atom is -0.385 e. The van der Waals surface area contributed by atoms with Crippen LogP contribution in [-0.4, -0.2) is 26.3 Å². The number of hydrogen-bond acceptors (Lipinski definition) is 2. The van der Waals surface area contributed by atoms with Gasteiger partial charge < -0.3 is 10.1 Å². The van der Waals surface area contributed by atoms with Crippen molar-refractivity contribution in [3.8, 4) is 0 Å². The van der Waals surface area contributed by atoms with Crippen LogP contribution in [0.5, 0.6) is 0 Å². The Bertz CT molecular complexity index is 173. The molecule has 0 aromatic rings. The Morgan fingerprint density at radius 2 is 2.07 bits per heavy atom. The average Bonchev–Trinajstić information content (AvgIpc) is 2.05. The molecule has 2 rings (SSSR count). The van der Waals surface area contributed by atoms with Crippen LogP contribution in [0, 0.1) is 5.41 Å². The van der Waals surface area contributed by atoms with Gasteiger partial charge >= 0.3 is 0 Å². The van der Waals surface area contributed by atoms with Gasteiger partial charge in [-0.2, -0.15) is 0 Å². The molecule has 2 nitrogen and oxygen atoms in total. The number of hydrogen-bond donors (Lipinski definition) is 1. The fraction of sp³-hybridized carbons (Fsp3) is 1.00. The Hall–Kier alpha value is -0.0800. The summed E-state index contributed by atoms with van der Waals surface area (Å²) < 4.78 is 5.19. The zero-order chi connectivity index (χ0) is 9.86. The van der Waals surface area contributed by atoms with Crippen LogP contribution in [0.1, 0.15) is 44.9 Å². The normalized spacial score (nSPS) is 25.5. The lowest BCUT2D eigenvalue weighted by atomic mass is 9.66. The molecule has 2 fully saturated rings. The van der Waals surface area contributed by atoms with Gasteiger partial charge in [-0.3, -0.25) is 0 Å². The standard InChI is InChI=1S/C12H23NO/c1-14-9-8-12(6-3-7-12)10-13-11-4-2-5-11/h11,13H,2-10H2,1H3. The molecule has 2 heteroatoms. The SMILES string of the molecule is COCCC1(CNC2CCC2)CCC1. The first kappa shape index (κ1) is 10.4. The largest absolute Gasteiger partial charge is 0.385 e. The summed E-state index contributed by atoms with van der Waals surface area (Å²) >= 11 is 0. The van der Waals surface area contributed by atoms with E-state index in [4.69, 9.17) is 4.74 Å². The number of ether oxygens (including phenoxy) is 1. The second kappa shape index (κ2) is 4.63. The summed E-state index contributed by atoms with van der Waals surface area (Å²) in [5.41, 5.74) is 0.603. The number of rotatable bonds is 6. The third kappa shape index (κ3) is 2.29. The van der Waals surface area contributed by atoms with E-state index < -0.39 is 0 Å². The topological polar surface area (TPSA) is 21.3 Å². The molecule has 0 amide bonds. The average molecular weight is 197 g/mol. The van der Waals surface area contributed by atoms with Crippen molar-refractivity contribution in [3.63, 3.8) is 0 Å². The van der Waals surface area contributed by atoms with Crippen LogP contribution in [0.25, 0.3) is 0 Å². The summed E-state index contributed by atoms with van der Waals surface area (Å²) in [6, 6.07) is 0.843. The maximum absolute atomic E-state index is 5.19. The van der Waals surface area contributed by atoms with Crippen molar-refractivity contribution in [2.45, 2.75) is 51.0 Å². The molecule has 0 radical (unpaired) electrons. The van der Waals surface area contributed by atoms with Gasteiger partial charge in [0.05, 0.1) is 0 Å². The van der Waals surface area contributed by atoms with Crippen molar-refractivity contribution < 1.29 is 4.74 Å². The van der Waals surface area contributed by atoms with Crippen molar-refractivity contribution in [2.75, 3.05) is 20.3 Å². The molecule has 0 aliphatic heterocycles. The van der Waals surface area contributed by atoms with Crippen LogP contribution in [0.3, 0.4) is 0 Å². The second-order valence-corrected chi connectivity index (χ2v) is 5.11. The first-order valence-corrected chi connectivity index (χ1v) is 6.07. The smallest absolute Gasteiger partial charge is 0.0468 e. The van der Waals surface area contributed by atoms with E-state index >= 15 is 0 Å². The van der Waals surface area contributed by atoms with Crippen LogP contribution in [0.15, 0.2) is 0 Å². The molecule has 0 bridgehead atoms. The summed E-state index contributed by atoms with van der Waals surface area (Å²) in [6.45, 7) is 2.17. The minimum absolute atomic E-state index is 0.603. The molecule has 0 aromatic carbocycles. The fourth-order valence-corrected chi connectivity index (χ4v) is 2.48. The molecule has 2 aliphatic rings. The predicted molar refractivity (Wildman–Crippen MR) is 58.4 cm³/mol. The van der Waals surface area contributed by atoms with E-state index in [1.54, 1.807) is 0 Å². The van der Waals surface area contributed by atoms with E-state index in [0.717, 1.165) is 12.6 Å². The highest BCUT2D eigenvalue weighted by atomic mass is 16.5. The molecule has 14 heavy (non-hydrogen) atoms. The van der Waals surface area contributed by atoms with Crippen molar-refractivity contribution in [3.05, 3.63) is 0 Å². The highest BCUT2D eigenvalue weighted by molar-refractivity contribution is 4.91. The Labute approximate surface area is 87.4 Å². The van der Waals surface area contributed by atoms with E-state index in [9.17, 15) is 0 Å². The van der Waals surface area contributed by atoms with Gasteiger partial charge in [0.25, 0.3) is 0 Å². The third-order valence-corrected chi connectivity index (χ3v) is 4.12. The van der Waals surface area contributed by atoms with Gasteiger partial charge in [0.2, 0.25) is 0 Å². The van der Waals surface area contributed by atoms with Crippen LogP contribution >= 0.6 is 0 Å². The molecule has 0 heterocycles. The van der Waals surface area contributed by atoms with Gasteiger partial charge in [0.1, 0.15) is 0 Å². The van der Waals surface area contributed by atoms with Crippen LogP contribution in [-0.2, 0) is 4.74 Å². The Balaban J connectivity index is 1.68. The zero-order valence-electron chi connectivity index (χ0n) is 9.35. The van der Waals surface area contributed by atoms with E-state index in [0.29, 0.717) is 5.41 Å². The summed E-state index contributed by atoms with van der Waals surface area (Å²) in [4.78, 5) is 0. The Kier molecular flexibility index (Phi) is 3.45. The van der Waals surface area contributed by atoms with Gasteiger partial charge in [-0.05, 0) is 37.5 Å². The molecule has 0 atom stereocenters. The molecular formula is C12H23NO. The molecule has 0 saturated heterocycles. The monoisotopic (exact) mass is 197 g/mol. The third-order valence-electron chi connectivity index (χ3n) is 4.12. The van der Waals surface area contributed by atoms with E-state index in [-0.39, 0.29) is 0 Å². The second-order valence-electron chi connectivity index (χ2n) is 5.11. The maximum Gasteiger partial charge on any atom is 0.0468 e. The summed E-state index contributed by atoms with van der Waals surface area (Å²) in [5.74, 6) is 0.